The molecule has 2 aromatic heterocycles. The van der Waals surface area contributed by atoms with Crippen molar-refractivity contribution < 1.29 is 17.5 Å². The van der Waals surface area contributed by atoms with E-state index >= 15 is 0 Å². The number of rotatable bonds is 4. The molecule has 6 nitrogen and oxygen atoms in total. The Labute approximate surface area is 158 Å². The van der Waals surface area contributed by atoms with Crippen molar-refractivity contribution in [3.8, 4) is 12.3 Å². The van der Waals surface area contributed by atoms with Crippen molar-refractivity contribution in [2.45, 2.75) is 11.3 Å². The quantitative estimate of drug-likeness (QED) is 0.349. The summed E-state index contributed by atoms with van der Waals surface area (Å²) in [6.45, 7) is 0. The van der Waals surface area contributed by atoms with Gasteiger partial charge in [0, 0.05) is 18.1 Å². The van der Waals surface area contributed by atoms with Crippen LogP contribution in [0.15, 0.2) is 40.2 Å². The predicted octanol–water partition coefficient (Wildman–Crippen LogP) is 3.39. The number of nitrogens with one attached hydrogen (secondary N) is 2. The Balaban J connectivity index is 2.09. The lowest BCUT2D eigenvalue weighted by atomic mass is 10.1. The Bertz CT molecular complexity index is 1210. The number of terminal acetylenes is 1. The summed E-state index contributed by atoms with van der Waals surface area (Å²) in [5.74, 6) is 0.404. The van der Waals surface area contributed by atoms with E-state index in [0.717, 1.165) is 18.3 Å². The van der Waals surface area contributed by atoms with E-state index in [1.54, 1.807) is 0 Å². The number of anilines is 1. The lowest BCUT2D eigenvalue weighted by Crippen LogP contribution is -2.24. The first-order valence-electron chi connectivity index (χ1n) is 7.36. The van der Waals surface area contributed by atoms with Gasteiger partial charge in [0.2, 0.25) is 4.90 Å². The number of aromatic amines is 1. The number of H-pyrrole nitrogens is 1. The molecule has 0 spiro atoms. The van der Waals surface area contributed by atoms with Gasteiger partial charge in [-0.3, -0.25) is 4.79 Å². The molecule has 10 heteroatoms. The third-order valence-corrected chi connectivity index (χ3v) is 5.29. The van der Waals surface area contributed by atoms with Crippen LogP contribution in [0.5, 0.6) is 0 Å². The molecule has 138 valence electrons. The number of hydrogen-bond donors (Lipinski definition) is 3. The van der Waals surface area contributed by atoms with Crippen LogP contribution in [-0.2, 0) is 21.0 Å². The molecular weight excluding hydrogens is 400 g/mol. The van der Waals surface area contributed by atoms with E-state index in [1.165, 1.54) is 12.1 Å². The number of benzene rings is 1. The lowest BCUT2D eigenvalue weighted by Gasteiger charge is -2.10. The highest BCUT2D eigenvalue weighted by molar-refractivity contribution is 7.99. The lowest BCUT2D eigenvalue weighted by molar-refractivity contribution is 0.502. The average molecular weight is 411 g/mol. The van der Waals surface area contributed by atoms with Gasteiger partial charge < -0.3 is 4.98 Å². The molecule has 3 N–H and O–H groups in total. The second kappa shape index (κ2) is 7.08. The van der Waals surface area contributed by atoms with Crippen molar-refractivity contribution in [1.29, 1.82) is 0 Å². The second-order valence-corrected chi connectivity index (χ2v) is 7.53. The number of fused-ring (bicyclic) bond motifs is 1. The third kappa shape index (κ3) is 3.68. The molecule has 3 aromatic rings. The topological polar surface area (TPSA) is 95.1 Å². The summed E-state index contributed by atoms with van der Waals surface area (Å²) in [6, 6.07) is 4.25. The van der Waals surface area contributed by atoms with Gasteiger partial charge in [-0.1, -0.05) is 11.6 Å². The Morgan fingerprint density at radius 2 is 2.07 bits per heavy atom. The fourth-order valence-corrected chi connectivity index (χ4v) is 3.82. The van der Waals surface area contributed by atoms with Crippen molar-refractivity contribution in [1.82, 2.24) is 9.97 Å². The molecule has 0 saturated carbocycles. The zero-order valence-corrected chi connectivity index (χ0v) is 15.0. The highest BCUT2D eigenvalue weighted by Gasteiger charge is 2.34. The third-order valence-electron chi connectivity index (χ3n) is 3.65. The van der Waals surface area contributed by atoms with E-state index in [9.17, 15) is 22.3 Å². The summed E-state index contributed by atoms with van der Waals surface area (Å²) in [5, 5.41) is 0.0488. The van der Waals surface area contributed by atoms with Crippen molar-refractivity contribution in [3.05, 3.63) is 63.2 Å². The van der Waals surface area contributed by atoms with E-state index in [-0.39, 0.29) is 32.9 Å². The molecule has 1 atom stereocenters. The van der Waals surface area contributed by atoms with E-state index in [2.05, 4.69) is 20.6 Å². The first-order valence-corrected chi connectivity index (χ1v) is 9.26. The van der Waals surface area contributed by atoms with Crippen LogP contribution in [0.2, 0.25) is 5.15 Å². The average Bonchev–Trinajstić information content (AvgIpc) is 2.60. The minimum atomic E-state index is -4.13. The van der Waals surface area contributed by atoms with E-state index in [0.29, 0.717) is 0 Å². The minimum absolute atomic E-state index is 0.0137. The Morgan fingerprint density at radius 3 is 2.78 bits per heavy atom. The van der Waals surface area contributed by atoms with Gasteiger partial charge in [-0.15, -0.1) is 12.3 Å². The van der Waals surface area contributed by atoms with Crippen LogP contribution >= 0.6 is 11.6 Å². The zero-order chi connectivity index (χ0) is 19.8. The molecule has 1 aromatic carbocycles. The fourth-order valence-electron chi connectivity index (χ4n) is 2.43. The normalized spacial score (nSPS) is 13.1. The summed E-state index contributed by atoms with van der Waals surface area (Å²) in [4.78, 5) is 17.7. The van der Waals surface area contributed by atoms with Crippen LogP contribution < -0.4 is 10.3 Å². The van der Waals surface area contributed by atoms with Crippen LogP contribution in [0.1, 0.15) is 5.56 Å². The Hall–Kier alpha value is -2.80. The maximum atomic E-state index is 14.2. The highest BCUT2D eigenvalue weighted by atomic mass is 35.5. The van der Waals surface area contributed by atoms with Gasteiger partial charge in [0.1, 0.15) is 22.2 Å². The van der Waals surface area contributed by atoms with Gasteiger partial charge in [0.25, 0.3) is 5.56 Å². The molecule has 3 rings (SSSR count). The summed E-state index contributed by atoms with van der Waals surface area (Å²) < 4.78 is 53.5. The first kappa shape index (κ1) is 19.0. The maximum absolute atomic E-state index is 14.2. The van der Waals surface area contributed by atoms with Gasteiger partial charge in [-0.25, -0.2) is 13.8 Å². The number of aromatic nitrogens is 2. The van der Waals surface area contributed by atoms with Gasteiger partial charge in [0.15, 0.2) is 5.82 Å². The van der Waals surface area contributed by atoms with Gasteiger partial charge >= 0.3 is 10.4 Å². The first-order chi connectivity index (χ1) is 12.7. The van der Waals surface area contributed by atoms with Crippen molar-refractivity contribution in [2.75, 3.05) is 4.72 Å². The number of hydrogen-bond acceptors (Lipinski definition) is 3. The SMILES string of the molecule is C#CCc1cc(F)c(N[S+](=O)(O)c2c[nH]c(=O)c3nc(Cl)ccc23)cc1F. The predicted molar refractivity (Wildman–Crippen MR) is 98.8 cm³/mol. The molecule has 0 aliphatic carbocycles. The largest absolute Gasteiger partial charge is 0.348 e. The van der Waals surface area contributed by atoms with E-state index in [4.69, 9.17) is 18.0 Å². The molecule has 1 unspecified atom stereocenters. The molecule has 0 aliphatic rings. The molecule has 0 bridgehead atoms. The standard InChI is InChI=1S/C17H10ClF2N3O3S/c1-2-3-9-6-12(20)13(7-11(9)19)23-27(25,26)14-8-21-17(24)16-10(14)4-5-15(18)22-16/h1,4-8H,3H2,(H2-,21,23,24,25,26)/p+1. The van der Waals surface area contributed by atoms with Crippen molar-refractivity contribution in [2.24, 2.45) is 0 Å². The van der Waals surface area contributed by atoms with E-state index < -0.39 is 33.3 Å². The molecular formula is C17H11ClF2N3O3S+. The molecule has 0 fully saturated rings. The summed E-state index contributed by atoms with van der Waals surface area (Å²) >= 11 is 5.75. The molecule has 2 heterocycles. The number of nitrogens with zero attached hydrogens (tertiary/aromatic N) is 1. The molecule has 0 radical (unpaired) electrons. The Kier molecular flexibility index (Phi) is 4.97. The monoisotopic (exact) mass is 410 g/mol. The van der Waals surface area contributed by atoms with Gasteiger partial charge in [0.05, 0.1) is 11.6 Å². The van der Waals surface area contributed by atoms with Crippen LogP contribution in [0.3, 0.4) is 0 Å². The van der Waals surface area contributed by atoms with Crippen LogP contribution in [0, 0.1) is 24.0 Å². The van der Waals surface area contributed by atoms with Gasteiger partial charge in [-0.2, -0.15) is 9.27 Å². The fraction of sp³-hybridized carbons (Fsp3) is 0.0588. The highest BCUT2D eigenvalue weighted by Crippen LogP contribution is 2.28. The second-order valence-electron chi connectivity index (χ2n) is 5.44. The summed E-state index contributed by atoms with van der Waals surface area (Å²) in [7, 11) is -4.13. The Morgan fingerprint density at radius 1 is 1.33 bits per heavy atom. The minimum Gasteiger partial charge on any atom is -0.322 e. The molecule has 0 saturated heterocycles. The zero-order valence-electron chi connectivity index (χ0n) is 13.4. The van der Waals surface area contributed by atoms with Crippen LogP contribution in [0.4, 0.5) is 14.5 Å². The van der Waals surface area contributed by atoms with Gasteiger partial charge in [-0.05, 0) is 22.4 Å². The smallest absolute Gasteiger partial charge is 0.322 e. The van der Waals surface area contributed by atoms with Crippen LogP contribution in [-0.4, -0.2) is 14.5 Å². The number of halogens is 3. The number of pyridine rings is 2. The molecule has 0 amide bonds. The summed E-state index contributed by atoms with van der Waals surface area (Å²) in [6.07, 6.45) is 5.95. The molecule has 27 heavy (non-hydrogen) atoms. The van der Waals surface area contributed by atoms with Crippen LogP contribution in [0.25, 0.3) is 10.9 Å². The van der Waals surface area contributed by atoms with Crippen molar-refractivity contribution in [3.63, 3.8) is 0 Å². The molecule has 0 aliphatic heterocycles. The van der Waals surface area contributed by atoms with Crippen molar-refractivity contribution >= 4 is 38.6 Å². The summed E-state index contributed by atoms with van der Waals surface area (Å²) in [5.41, 5.74) is -1.39. The van der Waals surface area contributed by atoms with E-state index in [1.807, 2.05) is 0 Å². The maximum Gasteiger partial charge on any atom is 0.348 e.